The lowest BCUT2D eigenvalue weighted by Crippen LogP contribution is -2.53. The third-order valence-electron chi connectivity index (χ3n) is 2.79. The first-order chi connectivity index (χ1) is 4.86. The van der Waals surface area contributed by atoms with Crippen molar-refractivity contribution in [3.05, 3.63) is 0 Å². The number of hydrogen-bond donors (Lipinski definition) is 2. The molecule has 0 heterocycles. The molecule has 2 N–H and O–H groups in total. The Balaban J connectivity index is 1.69. The summed E-state index contributed by atoms with van der Waals surface area (Å²) in [6.07, 6.45) is 6.16. The van der Waals surface area contributed by atoms with E-state index >= 15 is 0 Å². The molecule has 0 saturated heterocycles. The maximum Gasteiger partial charge on any atom is 0.0693 e. The standard InChI is InChI=1S/C8H15NO/c10-8-5-4-7(8)9-6-2-1-3-6/h6-10H,1-5H2/t7-,8-/m1/s1. The average Bonchev–Trinajstić information content (AvgIpc) is 1.82. The molecule has 2 nitrogen and oxygen atoms in total. The molecule has 2 aliphatic carbocycles. The molecule has 2 rings (SSSR count). The van der Waals surface area contributed by atoms with Gasteiger partial charge in [0.25, 0.3) is 0 Å². The molecule has 0 aromatic heterocycles. The molecule has 2 heteroatoms. The van der Waals surface area contributed by atoms with Gasteiger partial charge in [0.1, 0.15) is 0 Å². The predicted octanol–water partition coefficient (Wildman–Crippen LogP) is 0.652. The van der Waals surface area contributed by atoms with E-state index in [1.54, 1.807) is 0 Å². The van der Waals surface area contributed by atoms with Gasteiger partial charge in [0.2, 0.25) is 0 Å². The van der Waals surface area contributed by atoms with Gasteiger partial charge in [-0.2, -0.15) is 0 Å². The van der Waals surface area contributed by atoms with Gasteiger partial charge in [0.05, 0.1) is 6.10 Å². The summed E-state index contributed by atoms with van der Waals surface area (Å²) in [5.74, 6) is 0. The van der Waals surface area contributed by atoms with E-state index in [2.05, 4.69) is 5.32 Å². The second kappa shape index (κ2) is 2.51. The van der Waals surface area contributed by atoms with Crippen LogP contribution in [0, 0.1) is 0 Å². The van der Waals surface area contributed by atoms with Crippen molar-refractivity contribution in [3.63, 3.8) is 0 Å². The maximum atomic E-state index is 9.21. The van der Waals surface area contributed by atoms with Crippen molar-refractivity contribution in [1.29, 1.82) is 0 Å². The zero-order chi connectivity index (χ0) is 6.97. The van der Waals surface area contributed by atoms with Gasteiger partial charge < -0.3 is 10.4 Å². The second-order valence-electron chi connectivity index (χ2n) is 3.55. The van der Waals surface area contributed by atoms with E-state index in [1.807, 2.05) is 0 Å². The van der Waals surface area contributed by atoms with Crippen LogP contribution in [0.5, 0.6) is 0 Å². The molecule has 0 bridgehead atoms. The Morgan fingerprint density at radius 1 is 1.10 bits per heavy atom. The minimum Gasteiger partial charge on any atom is -0.392 e. The molecule has 10 heavy (non-hydrogen) atoms. The zero-order valence-electron chi connectivity index (χ0n) is 6.21. The largest absolute Gasteiger partial charge is 0.392 e. The Hall–Kier alpha value is -0.0800. The summed E-state index contributed by atoms with van der Waals surface area (Å²) >= 11 is 0. The third-order valence-corrected chi connectivity index (χ3v) is 2.79. The van der Waals surface area contributed by atoms with Crippen molar-refractivity contribution >= 4 is 0 Å². The molecular weight excluding hydrogens is 126 g/mol. The Bertz CT molecular complexity index is 122. The third kappa shape index (κ3) is 1.06. The first kappa shape index (κ1) is 6.62. The van der Waals surface area contributed by atoms with E-state index in [0.29, 0.717) is 6.04 Å². The first-order valence-electron chi connectivity index (χ1n) is 4.30. The van der Waals surface area contributed by atoms with E-state index in [0.717, 1.165) is 12.5 Å². The maximum absolute atomic E-state index is 9.21. The molecule has 2 fully saturated rings. The number of aliphatic hydroxyl groups excluding tert-OH is 1. The monoisotopic (exact) mass is 141 g/mol. The molecule has 0 spiro atoms. The van der Waals surface area contributed by atoms with Gasteiger partial charge in [0, 0.05) is 12.1 Å². The summed E-state index contributed by atoms with van der Waals surface area (Å²) in [6, 6.07) is 1.17. The topological polar surface area (TPSA) is 32.3 Å². The van der Waals surface area contributed by atoms with Crippen LogP contribution in [0.4, 0.5) is 0 Å². The van der Waals surface area contributed by atoms with Gasteiger partial charge in [-0.15, -0.1) is 0 Å². The highest BCUT2D eigenvalue weighted by atomic mass is 16.3. The van der Waals surface area contributed by atoms with Crippen LogP contribution in [0.1, 0.15) is 32.1 Å². The van der Waals surface area contributed by atoms with Crippen molar-refractivity contribution in [1.82, 2.24) is 5.32 Å². The Labute approximate surface area is 61.6 Å². The Morgan fingerprint density at radius 3 is 2.20 bits per heavy atom. The molecule has 2 aliphatic rings. The molecule has 0 unspecified atom stereocenters. The summed E-state index contributed by atoms with van der Waals surface area (Å²) in [5.41, 5.74) is 0. The van der Waals surface area contributed by atoms with Gasteiger partial charge in [-0.3, -0.25) is 0 Å². The van der Waals surface area contributed by atoms with Crippen molar-refractivity contribution in [3.8, 4) is 0 Å². The molecule has 58 valence electrons. The van der Waals surface area contributed by atoms with Crippen LogP contribution >= 0.6 is 0 Å². The van der Waals surface area contributed by atoms with E-state index in [1.165, 1.54) is 25.7 Å². The van der Waals surface area contributed by atoms with Gasteiger partial charge >= 0.3 is 0 Å². The first-order valence-corrected chi connectivity index (χ1v) is 4.30. The number of hydrogen-bond acceptors (Lipinski definition) is 2. The summed E-state index contributed by atoms with van der Waals surface area (Å²) in [4.78, 5) is 0. The molecule has 2 saturated carbocycles. The number of rotatable bonds is 2. The summed E-state index contributed by atoms with van der Waals surface area (Å²) in [7, 11) is 0. The van der Waals surface area contributed by atoms with E-state index in [4.69, 9.17) is 0 Å². The lowest BCUT2D eigenvalue weighted by atomic mass is 9.85. The smallest absolute Gasteiger partial charge is 0.0693 e. The lowest BCUT2D eigenvalue weighted by molar-refractivity contribution is 0.0377. The minimum atomic E-state index is -0.0411. The van der Waals surface area contributed by atoms with Gasteiger partial charge in [-0.25, -0.2) is 0 Å². The molecule has 0 aliphatic heterocycles. The van der Waals surface area contributed by atoms with E-state index in [-0.39, 0.29) is 6.10 Å². The highest BCUT2D eigenvalue weighted by Crippen LogP contribution is 2.25. The molecule has 0 amide bonds. The van der Waals surface area contributed by atoms with Gasteiger partial charge in [0.15, 0.2) is 0 Å². The highest BCUT2D eigenvalue weighted by Gasteiger charge is 2.31. The quantitative estimate of drug-likeness (QED) is 0.592. The zero-order valence-corrected chi connectivity index (χ0v) is 6.21. The fourth-order valence-corrected chi connectivity index (χ4v) is 1.55. The van der Waals surface area contributed by atoms with Crippen LogP contribution < -0.4 is 5.32 Å². The van der Waals surface area contributed by atoms with Crippen LogP contribution in [-0.4, -0.2) is 23.3 Å². The van der Waals surface area contributed by atoms with Crippen molar-refractivity contribution in [2.24, 2.45) is 0 Å². The van der Waals surface area contributed by atoms with Gasteiger partial charge in [-0.1, -0.05) is 6.42 Å². The second-order valence-corrected chi connectivity index (χ2v) is 3.55. The molecule has 0 radical (unpaired) electrons. The van der Waals surface area contributed by atoms with Crippen molar-refractivity contribution in [2.45, 2.75) is 50.3 Å². The molecule has 0 aromatic carbocycles. The van der Waals surface area contributed by atoms with Crippen LogP contribution in [0.3, 0.4) is 0 Å². The van der Waals surface area contributed by atoms with Crippen LogP contribution in [0.15, 0.2) is 0 Å². The summed E-state index contributed by atoms with van der Waals surface area (Å²) in [5, 5.41) is 12.7. The lowest BCUT2D eigenvalue weighted by Gasteiger charge is -2.39. The van der Waals surface area contributed by atoms with Crippen LogP contribution in [0.25, 0.3) is 0 Å². The van der Waals surface area contributed by atoms with Crippen molar-refractivity contribution in [2.75, 3.05) is 0 Å². The number of aliphatic hydroxyl groups is 1. The Morgan fingerprint density at radius 2 is 1.90 bits per heavy atom. The normalized spacial score (nSPS) is 40.5. The van der Waals surface area contributed by atoms with E-state index in [9.17, 15) is 5.11 Å². The predicted molar refractivity (Wildman–Crippen MR) is 39.8 cm³/mol. The fraction of sp³-hybridized carbons (Fsp3) is 1.00. The summed E-state index contributed by atoms with van der Waals surface area (Å²) in [6.45, 7) is 0. The fourth-order valence-electron chi connectivity index (χ4n) is 1.55. The van der Waals surface area contributed by atoms with Crippen LogP contribution in [-0.2, 0) is 0 Å². The molecular formula is C8H15NO. The Kier molecular flexibility index (Phi) is 1.66. The average molecular weight is 141 g/mol. The van der Waals surface area contributed by atoms with Crippen LogP contribution in [0.2, 0.25) is 0 Å². The molecule has 0 aromatic rings. The summed E-state index contributed by atoms with van der Waals surface area (Å²) < 4.78 is 0. The number of nitrogens with one attached hydrogen (secondary N) is 1. The van der Waals surface area contributed by atoms with Crippen molar-refractivity contribution < 1.29 is 5.11 Å². The highest BCUT2D eigenvalue weighted by molar-refractivity contribution is 4.90. The van der Waals surface area contributed by atoms with E-state index < -0.39 is 0 Å². The molecule has 2 atom stereocenters. The SMILES string of the molecule is O[C@@H]1CC[C@H]1NC1CCC1. The van der Waals surface area contributed by atoms with Gasteiger partial charge in [-0.05, 0) is 25.7 Å². The minimum absolute atomic E-state index is 0.0411.